The van der Waals surface area contributed by atoms with Crippen LogP contribution < -0.4 is 5.32 Å². The maximum absolute atomic E-state index is 11.6. The highest BCUT2D eigenvalue weighted by Gasteiger charge is 2.10. The number of hydrogen-bond acceptors (Lipinski definition) is 3. The normalized spacial score (nSPS) is 11.5. The predicted octanol–water partition coefficient (Wildman–Crippen LogP) is 1.43. The summed E-state index contributed by atoms with van der Waals surface area (Å²) >= 11 is 0. The minimum Gasteiger partial charge on any atom is -0.352 e. The van der Waals surface area contributed by atoms with Crippen LogP contribution in [0.15, 0.2) is 24.5 Å². The largest absolute Gasteiger partial charge is 0.352 e. The zero-order chi connectivity index (χ0) is 11.8. The average molecular weight is 217 g/mol. The summed E-state index contributed by atoms with van der Waals surface area (Å²) in [6.07, 6.45) is 4.79. The van der Waals surface area contributed by atoms with Gasteiger partial charge in [-0.3, -0.25) is 9.78 Å². The predicted molar refractivity (Wildman–Crippen MR) is 60.4 cm³/mol. The second kappa shape index (κ2) is 6.57. The summed E-state index contributed by atoms with van der Waals surface area (Å²) < 4.78 is 0. The third kappa shape index (κ3) is 4.09. The quantitative estimate of drug-likeness (QED) is 0.811. The molecular formula is C12H15N3O. The van der Waals surface area contributed by atoms with E-state index in [2.05, 4.69) is 16.4 Å². The minimum atomic E-state index is -0.0601. The molecule has 0 bridgehead atoms. The molecule has 4 heteroatoms. The van der Waals surface area contributed by atoms with Gasteiger partial charge in [-0.05, 0) is 18.1 Å². The van der Waals surface area contributed by atoms with Gasteiger partial charge >= 0.3 is 0 Å². The number of nitrogens with zero attached hydrogens (tertiary/aromatic N) is 2. The maximum atomic E-state index is 11.6. The lowest BCUT2D eigenvalue weighted by molar-refractivity contribution is -0.121. The fraction of sp³-hybridized carbons (Fsp3) is 0.417. The van der Waals surface area contributed by atoms with Gasteiger partial charge in [0.15, 0.2) is 0 Å². The summed E-state index contributed by atoms with van der Waals surface area (Å²) in [4.78, 5) is 15.5. The average Bonchev–Trinajstić information content (AvgIpc) is 2.29. The molecule has 1 amide bonds. The van der Waals surface area contributed by atoms with E-state index in [4.69, 9.17) is 5.26 Å². The van der Waals surface area contributed by atoms with Gasteiger partial charge in [-0.15, -0.1) is 0 Å². The number of carbonyl (C=O) groups is 1. The SMILES string of the molecule is CC[C@H](CC#N)NC(=O)Cc1cccnc1. The van der Waals surface area contributed by atoms with Crippen molar-refractivity contribution in [3.05, 3.63) is 30.1 Å². The maximum Gasteiger partial charge on any atom is 0.224 e. The van der Waals surface area contributed by atoms with Crippen LogP contribution in [0.4, 0.5) is 0 Å². The highest BCUT2D eigenvalue weighted by molar-refractivity contribution is 5.78. The Morgan fingerprint density at radius 3 is 3.06 bits per heavy atom. The highest BCUT2D eigenvalue weighted by Crippen LogP contribution is 2.00. The molecule has 0 saturated carbocycles. The molecule has 16 heavy (non-hydrogen) atoms. The van der Waals surface area contributed by atoms with Crippen molar-refractivity contribution in [1.29, 1.82) is 5.26 Å². The monoisotopic (exact) mass is 217 g/mol. The number of aromatic nitrogens is 1. The van der Waals surface area contributed by atoms with E-state index in [0.717, 1.165) is 12.0 Å². The molecule has 1 aromatic heterocycles. The van der Waals surface area contributed by atoms with Crippen LogP contribution in [-0.4, -0.2) is 16.9 Å². The third-order valence-corrected chi connectivity index (χ3v) is 2.28. The Bertz CT molecular complexity index is 370. The molecule has 0 saturated heterocycles. The Kier molecular flexibility index (Phi) is 5.00. The number of amides is 1. The fourth-order valence-electron chi connectivity index (χ4n) is 1.37. The Hall–Kier alpha value is -1.89. The van der Waals surface area contributed by atoms with Crippen molar-refractivity contribution in [2.45, 2.75) is 32.2 Å². The number of carbonyl (C=O) groups excluding carboxylic acids is 1. The van der Waals surface area contributed by atoms with Crippen molar-refractivity contribution >= 4 is 5.91 Å². The lowest BCUT2D eigenvalue weighted by Gasteiger charge is -2.13. The summed E-state index contributed by atoms with van der Waals surface area (Å²) in [6, 6.07) is 5.67. The molecule has 1 aromatic rings. The summed E-state index contributed by atoms with van der Waals surface area (Å²) in [5.41, 5.74) is 0.881. The molecule has 1 heterocycles. The zero-order valence-corrected chi connectivity index (χ0v) is 9.31. The van der Waals surface area contributed by atoms with Crippen molar-refractivity contribution in [1.82, 2.24) is 10.3 Å². The summed E-state index contributed by atoms with van der Waals surface area (Å²) in [7, 11) is 0. The van der Waals surface area contributed by atoms with Gasteiger partial charge in [0.1, 0.15) is 0 Å². The van der Waals surface area contributed by atoms with Crippen molar-refractivity contribution in [2.24, 2.45) is 0 Å². The molecule has 0 fully saturated rings. The van der Waals surface area contributed by atoms with E-state index in [0.29, 0.717) is 12.8 Å². The lowest BCUT2D eigenvalue weighted by Crippen LogP contribution is -2.35. The standard InChI is InChI=1S/C12H15N3O/c1-2-11(5-6-13)15-12(16)8-10-4-3-7-14-9-10/h3-4,7,9,11H,2,5,8H2,1H3,(H,15,16)/t11-/m1/s1. The van der Waals surface area contributed by atoms with Gasteiger partial charge in [0.25, 0.3) is 0 Å². The molecule has 84 valence electrons. The Morgan fingerprint density at radius 1 is 1.69 bits per heavy atom. The fourth-order valence-corrected chi connectivity index (χ4v) is 1.37. The van der Waals surface area contributed by atoms with Crippen LogP contribution in [0.5, 0.6) is 0 Å². The van der Waals surface area contributed by atoms with Crippen LogP contribution in [0.3, 0.4) is 0 Å². The molecule has 1 atom stereocenters. The molecule has 1 N–H and O–H groups in total. The zero-order valence-electron chi connectivity index (χ0n) is 9.31. The smallest absolute Gasteiger partial charge is 0.224 e. The highest BCUT2D eigenvalue weighted by atomic mass is 16.1. The molecule has 0 spiro atoms. The van der Waals surface area contributed by atoms with Gasteiger partial charge in [-0.1, -0.05) is 13.0 Å². The topological polar surface area (TPSA) is 65.8 Å². The van der Waals surface area contributed by atoms with E-state index in [1.54, 1.807) is 18.5 Å². The Morgan fingerprint density at radius 2 is 2.50 bits per heavy atom. The van der Waals surface area contributed by atoms with E-state index >= 15 is 0 Å². The van der Waals surface area contributed by atoms with Crippen molar-refractivity contribution in [3.8, 4) is 6.07 Å². The second-order valence-corrected chi connectivity index (χ2v) is 3.57. The number of nitrogens with one attached hydrogen (secondary N) is 1. The van der Waals surface area contributed by atoms with Gasteiger partial charge in [0.2, 0.25) is 5.91 Å². The Balaban J connectivity index is 2.44. The molecular weight excluding hydrogens is 202 g/mol. The van der Waals surface area contributed by atoms with Crippen molar-refractivity contribution in [2.75, 3.05) is 0 Å². The molecule has 0 aliphatic rings. The summed E-state index contributed by atoms with van der Waals surface area (Å²) in [5.74, 6) is -0.0601. The first-order valence-corrected chi connectivity index (χ1v) is 5.31. The number of rotatable bonds is 5. The molecule has 0 aromatic carbocycles. The minimum absolute atomic E-state index is 0.0471. The number of pyridine rings is 1. The van der Waals surface area contributed by atoms with Crippen molar-refractivity contribution in [3.63, 3.8) is 0 Å². The van der Waals surface area contributed by atoms with E-state index in [1.807, 2.05) is 13.0 Å². The lowest BCUT2D eigenvalue weighted by atomic mass is 10.1. The number of hydrogen-bond donors (Lipinski definition) is 1. The van der Waals surface area contributed by atoms with E-state index < -0.39 is 0 Å². The first-order valence-electron chi connectivity index (χ1n) is 5.31. The van der Waals surface area contributed by atoms with Crippen LogP contribution >= 0.6 is 0 Å². The van der Waals surface area contributed by atoms with Crippen LogP contribution in [0.2, 0.25) is 0 Å². The third-order valence-electron chi connectivity index (χ3n) is 2.28. The number of nitriles is 1. The van der Waals surface area contributed by atoms with Gasteiger partial charge in [0, 0.05) is 18.4 Å². The molecule has 0 aliphatic carbocycles. The van der Waals surface area contributed by atoms with Gasteiger partial charge in [0.05, 0.1) is 18.9 Å². The van der Waals surface area contributed by atoms with E-state index in [-0.39, 0.29) is 11.9 Å². The van der Waals surface area contributed by atoms with Gasteiger partial charge < -0.3 is 5.32 Å². The van der Waals surface area contributed by atoms with Gasteiger partial charge in [-0.25, -0.2) is 0 Å². The van der Waals surface area contributed by atoms with Crippen LogP contribution in [0.1, 0.15) is 25.3 Å². The second-order valence-electron chi connectivity index (χ2n) is 3.57. The first-order chi connectivity index (χ1) is 7.76. The Labute approximate surface area is 95.3 Å². The summed E-state index contributed by atoms with van der Waals surface area (Å²) in [5, 5.41) is 11.4. The molecule has 0 radical (unpaired) electrons. The molecule has 0 aliphatic heterocycles. The first kappa shape index (κ1) is 12.2. The summed E-state index contributed by atoms with van der Waals surface area (Å²) in [6.45, 7) is 1.95. The van der Waals surface area contributed by atoms with Crippen LogP contribution in [0.25, 0.3) is 0 Å². The van der Waals surface area contributed by atoms with E-state index in [1.165, 1.54) is 0 Å². The molecule has 1 rings (SSSR count). The van der Waals surface area contributed by atoms with Crippen LogP contribution in [-0.2, 0) is 11.2 Å². The van der Waals surface area contributed by atoms with Crippen LogP contribution in [0, 0.1) is 11.3 Å². The van der Waals surface area contributed by atoms with Gasteiger partial charge in [-0.2, -0.15) is 5.26 Å². The molecule has 0 unspecified atom stereocenters. The van der Waals surface area contributed by atoms with Crippen molar-refractivity contribution < 1.29 is 4.79 Å². The molecule has 4 nitrogen and oxygen atoms in total. The van der Waals surface area contributed by atoms with E-state index in [9.17, 15) is 4.79 Å².